The van der Waals surface area contributed by atoms with Crippen LogP contribution < -0.4 is 15.5 Å². The highest BCUT2D eigenvalue weighted by Crippen LogP contribution is 2.54. The van der Waals surface area contributed by atoms with Crippen molar-refractivity contribution in [3.05, 3.63) is 95.2 Å². The Bertz CT molecular complexity index is 1620. The van der Waals surface area contributed by atoms with E-state index < -0.39 is 23.4 Å². The summed E-state index contributed by atoms with van der Waals surface area (Å²) in [7, 11) is 0. The number of aryl methyl sites for hydroxylation is 2. The van der Waals surface area contributed by atoms with E-state index in [1.807, 2.05) is 86.8 Å². The van der Waals surface area contributed by atoms with Gasteiger partial charge in [0.25, 0.3) is 0 Å². The number of aromatic nitrogens is 1. The molecular formula is C30H26N4O3. The smallest absolute Gasteiger partial charge is 0.250 e. The number of hydrogen-bond acceptors (Lipinski definition) is 4. The van der Waals surface area contributed by atoms with Crippen LogP contribution in [0.2, 0.25) is 0 Å². The minimum atomic E-state index is -1.31. The van der Waals surface area contributed by atoms with E-state index >= 15 is 0 Å². The molecule has 37 heavy (non-hydrogen) atoms. The zero-order chi connectivity index (χ0) is 25.5. The molecule has 0 bridgehead atoms. The molecule has 3 aliphatic heterocycles. The molecule has 7 rings (SSSR count). The van der Waals surface area contributed by atoms with Gasteiger partial charge in [-0.2, -0.15) is 0 Å². The van der Waals surface area contributed by atoms with E-state index in [9.17, 15) is 14.4 Å². The number of fused-ring (bicyclic) bond motifs is 5. The van der Waals surface area contributed by atoms with Gasteiger partial charge in [-0.1, -0.05) is 42.5 Å². The quantitative estimate of drug-likeness (QED) is 0.379. The lowest BCUT2D eigenvalue weighted by Crippen LogP contribution is -2.53. The first-order valence-corrected chi connectivity index (χ1v) is 12.6. The number of benzene rings is 3. The van der Waals surface area contributed by atoms with Crippen LogP contribution in [0.3, 0.4) is 0 Å². The lowest BCUT2D eigenvalue weighted by Gasteiger charge is -2.29. The number of hydrogen-bond donors (Lipinski definition) is 3. The van der Waals surface area contributed by atoms with Crippen LogP contribution in [0.5, 0.6) is 0 Å². The second kappa shape index (κ2) is 7.63. The van der Waals surface area contributed by atoms with E-state index in [0.717, 1.165) is 33.2 Å². The van der Waals surface area contributed by atoms with Crippen molar-refractivity contribution in [2.75, 3.05) is 10.2 Å². The normalized spacial score (nSPS) is 26.3. The Balaban J connectivity index is 1.38. The molecule has 1 aromatic heterocycles. The number of nitrogens with one attached hydrogen (secondary N) is 3. The average molecular weight is 491 g/mol. The zero-order valence-electron chi connectivity index (χ0n) is 20.5. The predicted octanol–water partition coefficient (Wildman–Crippen LogP) is 3.95. The van der Waals surface area contributed by atoms with E-state index in [1.54, 1.807) is 0 Å². The van der Waals surface area contributed by atoms with Crippen molar-refractivity contribution in [1.82, 2.24) is 10.3 Å². The second-order valence-electron chi connectivity index (χ2n) is 10.5. The van der Waals surface area contributed by atoms with E-state index in [4.69, 9.17) is 0 Å². The van der Waals surface area contributed by atoms with E-state index in [-0.39, 0.29) is 17.7 Å². The molecule has 0 radical (unpaired) electrons. The summed E-state index contributed by atoms with van der Waals surface area (Å²) in [6, 6.07) is 20.8. The van der Waals surface area contributed by atoms with Gasteiger partial charge in [0.15, 0.2) is 0 Å². The van der Waals surface area contributed by atoms with Gasteiger partial charge in [0.05, 0.1) is 17.5 Å². The van der Waals surface area contributed by atoms with E-state index in [1.165, 1.54) is 4.90 Å². The molecule has 0 unspecified atom stereocenters. The molecule has 2 fully saturated rings. The molecule has 0 saturated carbocycles. The number of nitrogens with zero attached hydrogens (tertiary/aromatic N) is 1. The molecule has 184 valence electrons. The van der Waals surface area contributed by atoms with Gasteiger partial charge in [-0.05, 0) is 61.2 Å². The number of aromatic amines is 1. The number of H-pyrrole nitrogens is 1. The Hall–Kier alpha value is -4.23. The molecule has 7 heteroatoms. The number of carbonyl (C=O) groups excluding carboxylic acids is 3. The number of amides is 3. The topological polar surface area (TPSA) is 94.3 Å². The Kier molecular flexibility index (Phi) is 4.54. The predicted molar refractivity (Wildman–Crippen MR) is 141 cm³/mol. The van der Waals surface area contributed by atoms with Crippen molar-refractivity contribution in [3.8, 4) is 0 Å². The molecular weight excluding hydrogens is 464 g/mol. The summed E-state index contributed by atoms with van der Waals surface area (Å²) >= 11 is 0. The molecule has 4 heterocycles. The molecule has 4 atom stereocenters. The van der Waals surface area contributed by atoms with Gasteiger partial charge in [0.1, 0.15) is 5.54 Å². The number of rotatable bonds is 3. The fourth-order valence-corrected chi connectivity index (χ4v) is 6.80. The Morgan fingerprint density at radius 3 is 2.43 bits per heavy atom. The fourth-order valence-electron chi connectivity index (χ4n) is 6.80. The van der Waals surface area contributed by atoms with E-state index in [0.29, 0.717) is 17.8 Å². The van der Waals surface area contributed by atoms with Crippen molar-refractivity contribution in [2.45, 2.75) is 31.8 Å². The van der Waals surface area contributed by atoms with Crippen LogP contribution in [0.15, 0.2) is 72.9 Å². The number of anilines is 2. The Morgan fingerprint density at radius 2 is 1.62 bits per heavy atom. The molecule has 7 nitrogen and oxygen atoms in total. The van der Waals surface area contributed by atoms with Gasteiger partial charge in [-0.25, -0.2) is 4.90 Å². The van der Waals surface area contributed by atoms with Gasteiger partial charge >= 0.3 is 0 Å². The maximum Gasteiger partial charge on any atom is 0.250 e. The Morgan fingerprint density at radius 1 is 0.892 bits per heavy atom. The minimum absolute atomic E-state index is 0.258. The van der Waals surface area contributed by atoms with Crippen LogP contribution in [-0.2, 0) is 26.3 Å². The fraction of sp³-hybridized carbons (Fsp3) is 0.233. The molecule has 3 amide bonds. The van der Waals surface area contributed by atoms with Crippen molar-refractivity contribution in [3.63, 3.8) is 0 Å². The number of para-hydroxylation sites is 2. The summed E-state index contributed by atoms with van der Waals surface area (Å²) in [6.45, 7) is 3.90. The van der Waals surface area contributed by atoms with Crippen LogP contribution in [0.25, 0.3) is 10.9 Å². The van der Waals surface area contributed by atoms with Crippen LogP contribution in [-0.4, -0.2) is 28.7 Å². The molecule has 0 aliphatic carbocycles. The first-order valence-electron chi connectivity index (χ1n) is 12.6. The number of imide groups is 1. The van der Waals surface area contributed by atoms with Crippen molar-refractivity contribution < 1.29 is 14.4 Å². The third kappa shape index (κ3) is 2.95. The monoisotopic (exact) mass is 490 g/mol. The van der Waals surface area contributed by atoms with Gasteiger partial charge < -0.3 is 10.3 Å². The summed E-state index contributed by atoms with van der Waals surface area (Å²) < 4.78 is 0. The average Bonchev–Trinajstić information content (AvgIpc) is 3.57. The SMILES string of the molecule is Cc1cc(C)cc(N2C(=O)[C@@H]3[C@H](Cc4c[nH]c5ccccc45)N[C@@]4(C(=O)Nc5ccccc54)[C@@H]3C2=O)c1. The summed E-state index contributed by atoms with van der Waals surface area (Å²) in [4.78, 5) is 46.6. The summed E-state index contributed by atoms with van der Waals surface area (Å²) in [5.74, 6) is -2.40. The third-order valence-electron chi connectivity index (χ3n) is 8.20. The lowest BCUT2D eigenvalue weighted by atomic mass is 9.76. The summed E-state index contributed by atoms with van der Waals surface area (Å²) in [5, 5.41) is 7.58. The maximum atomic E-state index is 14.2. The summed E-state index contributed by atoms with van der Waals surface area (Å²) in [6.07, 6.45) is 2.46. The minimum Gasteiger partial charge on any atom is -0.361 e. The highest BCUT2D eigenvalue weighted by Gasteiger charge is 2.70. The Labute approximate surface area is 213 Å². The van der Waals surface area contributed by atoms with Crippen molar-refractivity contribution in [2.24, 2.45) is 11.8 Å². The molecule has 3 aromatic carbocycles. The van der Waals surface area contributed by atoms with Crippen molar-refractivity contribution >= 4 is 40.0 Å². The van der Waals surface area contributed by atoms with Crippen LogP contribution in [0.4, 0.5) is 11.4 Å². The zero-order valence-corrected chi connectivity index (χ0v) is 20.5. The standard InChI is InChI=1S/C30H26N4O3/c1-16-11-17(2)13-19(12-16)34-27(35)25-24(14-18-15-31-22-9-5-3-7-20(18)22)33-30(26(25)28(34)36)21-8-4-6-10-23(21)32-29(30)37/h3-13,15,24-26,31,33H,14H2,1-2H3,(H,32,37)/t24-,25+,26-,30+/m0/s1. The molecule has 3 N–H and O–H groups in total. The third-order valence-corrected chi connectivity index (χ3v) is 8.20. The second-order valence-corrected chi connectivity index (χ2v) is 10.5. The van der Waals surface area contributed by atoms with Crippen LogP contribution >= 0.6 is 0 Å². The van der Waals surface area contributed by atoms with Crippen LogP contribution in [0.1, 0.15) is 22.3 Å². The first kappa shape index (κ1) is 22.0. The largest absolute Gasteiger partial charge is 0.361 e. The highest BCUT2D eigenvalue weighted by molar-refractivity contribution is 6.25. The maximum absolute atomic E-state index is 14.2. The molecule has 1 spiro atoms. The molecule has 4 aromatic rings. The van der Waals surface area contributed by atoms with Crippen LogP contribution in [0, 0.1) is 25.7 Å². The first-order chi connectivity index (χ1) is 17.9. The summed E-state index contributed by atoms with van der Waals surface area (Å²) in [5.41, 5.74) is 4.65. The molecule has 2 saturated heterocycles. The van der Waals surface area contributed by atoms with E-state index in [2.05, 4.69) is 15.6 Å². The lowest BCUT2D eigenvalue weighted by molar-refractivity contribution is -0.130. The van der Waals surface area contributed by atoms with Gasteiger partial charge in [0, 0.05) is 34.4 Å². The number of carbonyl (C=O) groups is 3. The van der Waals surface area contributed by atoms with Gasteiger partial charge in [0.2, 0.25) is 17.7 Å². The van der Waals surface area contributed by atoms with Gasteiger partial charge in [-0.3, -0.25) is 19.7 Å². The van der Waals surface area contributed by atoms with Crippen molar-refractivity contribution in [1.29, 1.82) is 0 Å². The van der Waals surface area contributed by atoms with Gasteiger partial charge in [-0.15, -0.1) is 0 Å². The highest BCUT2D eigenvalue weighted by atomic mass is 16.2. The molecule has 3 aliphatic rings.